The molecule has 8 heteroatoms. The van der Waals surface area contributed by atoms with Crippen molar-refractivity contribution >= 4 is 33.5 Å². The van der Waals surface area contributed by atoms with E-state index in [1.54, 1.807) is 0 Å². The molecule has 1 aliphatic heterocycles. The molecule has 0 spiro atoms. The lowest BCUT2D eigenvalue weighted by molar-refractivity contribution is -0.429. The summed E-state index contributed by atoms with van der Waals surface area (Å²) in [5, 5.41) is 2.11. The number of hydrogen-bond donors (Lipinski definition) is 0. The SMILES string of the molecule is C[N+]1=C=[N+](c2cc(Oc3cc4c(cc3-c3nc(-c5ccc(C(C)(C)C)cc5)nc(-c5ccc(C(C)(C)C)cc5)n3)c3ccccc3n4-c3ccccn3)cc(C(C)(C)C)c2)C=C1. The van der Waals surface area contributed by atoms with Gasteiger partial charge in [0.1, 0.15) is 17.3 Å². The van der Waals surface area contributed by atoms with E-state index in [1.165, 1.54) is 11.1 Å². The number of pyridine rings is 1. The second-order valence-electron chi connectivity index (χ2n) is 19.3. The second-order valence-corrected chi connectivity index (χ2v) is 19.3. The largest absolute Gasteiger partial charge is 0.495 e. The van der Waals surface area contributed by atoms with Gasteiger partial charge in [-0.25, -0.2) is 19.9 Å². The number of ether oxygens (including phenoxy) is 1. The standard InChI is InChI=1S/C54H53N7O/c1-52(2,3)37-22-18-35(19-23-37)49-56-50(36-20-24-38(25-21-36)53(4,5)6)58-51(57-49)44-32-43-42-15-11-12-16-45(42)61(48-17-13-14-26-55-48)46(43)33-47(44)62-41-30-39(54(7,8)9)29-40(31-41)60-28-27-59(10)34-60/h11-33H,1-10H3/q+2. The molecule has 4 heterocycles. The molecular weight excluding hydrogens is 763 g/mol. The minimum absolute atomic E-state index is 0.0000597. The highest BCUT2D eigenvalue weighted by atomic mass is 16.5. The lowest BCUT2D eigenvalue weighted by Gasteiger charge is -2.20. The van der Waals surface area contributed by atoms with Crippen molar-refractivity contribution in [2.24, 2.45) is 0 Å². The summed E-state index contributed by atoms with van der Waals surface area (Å²) in [6.07, 6.45) is 5.82. The lowest BCUT2D eigenvalue weighted by Crippen LogP contribution is -2.12. The number of hydrogen-bond acceptors (Lipinski definition) is 5. The highest BCUT2D eigenvalue weighted by Gasteiger charge is 2.26. The van der Waals surface area contributed by atoms with Crippen LogP contribution in [-0.4, -0.2) is 46.7 Å². The highest BCUT2D eigenvalue weighted by molar-refractivity contribution is 6.11. The van der Waals surface area contributed by atoms with Crippen LogP contribution in [0.2, 0.25) is 0 Å². The van der Waals surface area contributed by atoms with Crippen LogP contribution in [0.5, 0.6) is 11.5 Å². The summed E-state index contributed by atoms with van der Waals surface area (Å²) < 4.78 is 13.3. The Morgan fingerprint density at radius 1 is 0.548 bits per heavy atom. The molecule has 0 aliphatic carbocycles. The van der Waals surface area contributed by atoms with Gasteiger partial charge in [0.05, 0.1) is 22.7 Å². The smallest absolute Gasteiger partial charge is 0.456 e. The average Bonchev–Trinajstić information content (AvgIpc) is 3.83. The quantitative estimate of drug-likeness (QED) is 0.150. The third-order valence-corrected chi connectivity index (χ3v) is 11.5. The van der Waals surface area contributed by atoms with Gasteiger partial charge in [0.2, 0.25) is 11.9 Å². The van der Waals surface area contributed by atoms with Crippen LogP contribution >= 0.6 is 0 Å². The molecule has 0 atom stereocenters. The van der Waals surface area contributed by atoms with Crippen LogP contribution in [0.25, 0.3) is 61.8 Å². The van der Waals surface area contributed by atoms with E-state index in [9.17, 15) is 0 Å². The molecule has 8 nitrogen and oxygen atoms in total. The molecule has 0 unspecified atom stereocenters. The van der Waals surface area contributed by atoms with E-state index in [4.69, 9.17) is 24.7 Å². The maximum atomic E-state index is 7.19. The van der Waals surface area contributed by atoms with Crippen molar-refractivity contribution in [3.05, 3.63) is 157 Å². The normalized spacial score (nSPS) is 13.2. The fourth-order valence-electron chi connectivity index (χ4n) is 7.87. The van der Waals surface area contributed by atoms with Crippen LogP contribution in [0.4, 0.5) is 5.69 Å². The zero-order valence-electron chi connectivity index (χ0n) is 37.3. The van der Waals surface area contributed by atoms with Gasteiger partial charge in [-0.2, -0.15) is 0 Å². The molecule has 308 valence electrons. The Morgan fingerprint density at radius 2 is 1.15 bits per heavy atom. The van der Waals surface area contributed by atoms with Crippen LogP contribution < -0.4 is 4.74 Å². The molecule has 3 aromatic heterocycles. The first-order valence-corrected chi connectivity index (χ1v) is 21.3. The first kappa shape index (κ1) is 40.4. The van der Waals surface area contributed by atoms with Crippen molar-refractivity contribution in [1.82, 2.24) is 24.5 Å². The molecule has 0 saturated carbocycles. The van der Waals surface area contributed by atoms with Crippen molar-refractivity contribution < 1.29 is 13.9 Å². The zero-order valence-corrected chi connectivity index (χ0v) is 37.3. The first-order valence-electron chi connectivity index (χ1n) is 21.3. The first-order chi connectivity index (χ1) is 29.5. The van der Waals surface area contributed by atoms with Crippen LogP contribution in [-0.2, 0) is 16.2 Å². The molecule has 62 heavy (non-hydrogen) atoms. The van der Waals surface area contributed by atoms with Gasteiger partial charge < -0.3 is 4.74 Å². The maximum absolute atomic E-state index is 7.19. The van der Waals surface area contributed by atoms with E-state index in [-0.39, 0.29) is 16.2 Å². The number of nitrogens with zero attached hydrogens (tertiary/aromatic N) is 7. The number of benzene rings is 5. The summed E-state index contributed by atoms with van der Waals surface area (Å²) in [4.78, 5) is 20.6. The number of para-hydroxylation sites is 1. The molecule has 0 bridgehead atoms. The Labute approximate surface area is 364 Å². The predicted molar refractivity (Wildman–Crippen MR) is 251 cm³/mol. The minimum atomic E-state index is -0.162. The number of fused-ring (bicyclic) bond motifs is 3. The van der Waals surface area contributed by atoms with Crippen molar-refractivity contribution in [3.8, 4) is 51.5 Å². The Kier molecular flexibility index (Phi) is 9.87. The summed E-state index contributed by atoms with van der Waals surface area (Å²) in [5.41, 5.74) is 8.92. The van der Waals surface area contributed by atoms with Gasteiger partial charge in [0, 0.05) is 40.2 Å². The summed E-state index contributed by atoms with van der Waals surface area (Å²) in [6.45, 7) is 20.0. The Hall–Kier alpha value is -7.02. The molecule has 0 fully saturated rings. The van der Waals surface area contributed by atoms with Crippen molar-refractivity contribution in [3.63, 3.8) is 0 Å². The lowest BCUT2D eigenvalue weighted by atomic mass is 9.86. The molecule has 0 N–H and O–H groups in total. The highest BCUT2D eigenvalue weighted by Crippen LogP contribution is 2.43. The van der Waals surface area contributed by atoms with E-state index in [0.717, 1.165) is 55.6 Å². The molecule has 0 radical (unpaired) electrons. The van der Waals surface area contributed by atoms with E-state index < -0.39 is 0 Å². The topological polar surface area (TPSA) is 71.7 Å². The van der Waals surface area contributed by atoms with Crippen LogP contribution in [0, 0.1) is 0 Å². The monoisotopic (exact) mass is 815 g/mol. The molecule has 0 saturated heterocycles. The predicted octanol–water partition coefficient (Wildman–Crippen LogP) is 13.0. The number of rotatable bonds is 7. The molecule has 0 amide bonds. The molecule has 9 rings (SSSR count). The Morgan fingerprint density at radius 3 is 1.71 bits per heavy atom. The van der Waals surface area contributed by atoms with Crippen LogP contribution in [0.15, 0.2) is 140 Å². The van der Waals surface area contributed by atoms with E-state index in [2.05, 4.69) is 176 Å². The average molecular weight is 816 g/mol. The Balaban J connectivity index is 1.32. The van der Waals surface area contributed by atoms with Gasteiger partial charge in [0.25, 0.3) is 6.20 Å². The van der Waals surface area contributed by atoms with Gasteiger partial charge in [-0.05, 0) is 63.3 Å². The van der Waals surface area contributed by atoms with E-state index in [0.29, 0.717) is 29.0 Å². The zero-order chi connectivity index (χ0) is 43.6. The summed E-state index contributed by atoms with van der Waals surface area (Å²) in [5.74, 6) is 3.77. The fourth-order valence-corrected chi connectivity index (χ4v) is 7.87. The number of aromatic nitrogens is 5. The van der Waals surface area contributed by atoms with E-state index in [1.807, 2.05) is 53.0 Å². The molecule has 5 aromatic carbocycles. The van der Waals surface area contributed by atoms with Gasteiger partial charge in [-0.1, -0.05) is 144 Å². The van der Waals surface area contributed by atoms with Gasteiger partial charge in [-0.15, -0.1) is 0 Å². The van der Waals surface area contributed by atoms with E-state index >= 15 is 0 Å². The van der Waals surface area contributed by atoms with Gasteiger partial charge in [0.15, 0.2) is 24.5 Å². The third-order valence-electron chi connectivity index (χ3n) is 11.5. The maximum Gasteiger partial charge on any atom is 0.495 e. The molecular formula is C54H53N7O+2. The summed E-state index contributed by atoms with van der Waals surface area (Å²) in [7, 11) is 1.97. The van der Waals surface area contributed by atoms with Crippen molar-refractivity contribution in [2.45, 2.75) is 78.6 Å². The third kappa shape index (κ3) is 7.86. The molecule has 1 aliphatic rings. The summed E-state index contributed by atoms with van der Waals surface area (Å²) in [6, 6.07) is 45.6. The van der Waals surface area contributed by atoms with Crippen LogP contribution in [0.3, 0.4) is 0 Å². The van der Waals surface area contributed by atoms with Gasteiger partial charge in [-0.3, -0.25) is 4.57 Å². The molecule has 8 aromatic rings. The minimum Gasteiger partial charge on any atom is -0.456 e. The Bertz CT molecular complexity index is 3040. The van der Waals surface area contributed by atoms with Crippen molar-refractivity contribution in [2.75, 3.05) is 7.05 Å². The van der Waals surface area contributed by atoms with Crippen molar-refractivity contribution in [1.29, 1.82) is 0 Å². The van der Waals surface area contributed by atoms with Gasteiger partial charge >= 0.3 is 6.01 Å². The van der Waals surface area contributed by atoms with Crippen LogP contribution in [0.1, 0.15) is 79.0 Å². The second kappa shape index (κ2) is 15.2. The summed E-state index contributed by atoms with van der Waals surface area (Å²) >= 11 is 0. The fraction of sp³-hybridized carbons (Fsp3) is 0.241.